The highest BCUT2D eigenvalue weighted by Crippen LogP contribution is 2.32. The van der Waals surface area contributed by atoms with Gasteiger partial charge in [-0.05, 0) is 49.9 Å². The maximum atomic E-state index is 12.7. The summed E-state index contributed by atoms with van der Waals surface area (Å²) in [6.07, 6.45) is -0.450. The maximum Gasteiger partial charge on any atom is 0.416 e. The zero-order chi connectivity index (χ0) is 16.4. The van der Waals surface area contributed by atoms with Gasteiger partial charge in [-0.2, -0.15) is 13.2 Å². The number of amides is 1. The first kappa shape index (κ1) is 19.1. The Morgan fingerprint density at radius 3 is 2.33 bits per heavy atom. The van der Waals surface area contributed by atoms with E-state index < -0.39 is 11.7 Å². The molecular weight excluding hydrogens is 341 g/mol. The van der Waals surface area contributed by atoms with Crippen LogP contribution in [0.5, 0.6) is 0 Å². The third kappa shape index (κ3) is 4.63. The van der Waals surface area contributed by atoms with E-state index in [1.54, 1.807) is 0 Å². The van der Waals surface area contributed by atoms with Gasteiger partial charge in [0.05, 0.1) is 11.5 Å². The molecule has 0 radical (unpaired) electrons. The van der Waals surface area contributed by atoms with Crippen molar-refractivity contribution in [1.29, 1.82) is 0 Å². The van der Waals surface area contributed by atoms with Gasteiger partial charge in [0.25, 0.3) is 0 Å². The van der Waals surface area contributed by atoms with E-state index in [0.29, 0.717) is 13.1 Å². The predicted molar refractivity (Wildman–Crippen MR) is 87.9 cm³/mol. The van der Waals surface area contributed by atoms with Crippen LogP contribution in [0.15, 0.2) is 24.3 Å². The Kier molecular flexibility index (Phi) is 6.15. The van der Waals surface area contributed by atoms with Crippen molar-refractivity contribution in [3.63, 3.8) is 0 Å². The fourth-order valence-electron chi connectivity index (χ4n) is 3.07. The van der Waals surface area contributed by atoms with Crippen LogP contribution in [-0.2, 0) is 17.5 Å². The van der Waals surface area contributed by atoms with Crippen LogP contribution in [-0.4, -0.2) is 29.9 Å². The van der Waals surface area contributed by atoms with Gasteiger partial charge in [-0.3, -0.25) is 4.79 Å². The topological polar surface area (TPSA) is 32.3 Å². The SMILES string of the molecule is Cl.O=C(C1CCCNC1)N(Cc1ccc(C(F)(F)F)cc1)C1CC1. The number of nitrogens with zero attached hydrogens (tertiary/aromatic N) is 1. The number of carbonyl (C=O) groups excluding carboxylic acids is 1. The molecule has 0 aromatic heterocycles. The molecule has 0 bridgehead atoms. The molecule has 134 valence electrons. The lowest BCUT2D eigenvalue weighted by Crippen LogP contribution is -2.43. The van der Waals surface area contributed by atoms with Crippen molar-refractivity contribution in [2.45, 2.75) is 44.4 Å². The highest BCUT2D eigenvalue weighted by molar-refractivity contribution is 5.85. The van der Waals surface area contributed by atoms with E-state index in [1.807, 2.05) is 4.90 Å². The van der Waals surface area contributed by atoms with E-state index in [1.165, 1.54) is 12.1 Å². The number of piperidine rings is 1. The Hall–Kier alpha value is -1.27. The van der Waals surface area contributed by atoms with Crippen LogP contribution < -0.4 is 5.32 Å². The Balaban J connectivity index is 0.00000208. The molecule has 1 saturated heterocycles. The summed E-state index contributed by atoms with van der Waals surface area (Å²) in [6.45, 7) is 2.05. The zero-order valence-corrected chi connectivity index (χ0v) is 14.1. The molecule has 3 rings (SSSR count). The second-order valence-electron chi connectivity index (χ2n) is 6.44. The van der Waals surface area contributed by atoms with Crippen LogP contribution >= 0.6 is 12.4 Å². The Morgan fingerprint density at radius 2 is 1.83 bits per heavy atom. The average Bonchev–Trinajstić information content (AvgIpc) is 3.37. The maximum absolute atomic E-state index is 12.7. The summed E-state index contributed by atoms with van der Waals surface area (Å²) in [5.74, 6) is 0.137. The quantitative estimate of drug-likeness (QED) is 0.887. The smallest absolute Gasteiger partial charge is 0.335 e. The Labute approximate surface area is 146 Å². The van der Waals surface area contributed by atoms with Crippen molar-refractivity contribution in [1.82, 2.24) is 10.2 Å². The summed E-state index contributed by atoms with van der Waals surface area (Å²) in [6, 6.07) is 5.39. The molecule has 24 heavy (non-hydrogen) atoms. The fraction of sp³-hybridized carbons (Fsp3) is 0.588. The number of benzene rings is 1. The van der Waals surface area contributed by atoms with Crippen LogP contribution in [0.2, 0.25) is 0 Å². The van der Waals surface area contributed by atoms with Gasteiger partial charge in [0.2, 0.25) is 5.91 Å². The average molecular weight is 363 g/mol. The highest BCUT2D eigenvalue weighted by Gasteiger charge is 2.36. The first-order valence-electron chi connectivity index (χ1n) is 8.12. The van der Waals surface area contributed by atoms with E-state index in [-0.39, 0.29) is 30.3 Å². The van der Waals surface area contributed by atoms with Gasteiger partial charge in [0, 0.05) is 19.1 Å². The van der Waals surface area contributed by atoms with Gasteiger partial charge in [-0.15, -0.1) is 12.4 Å². The number of nitrogens with one attached hydrogen (secondary N) is 1. The number of alkyl halides is 3. The van der Waals surface area contributed by atoms with Gasteiger partial charge in [0.15, 0.2) is 0 Å². The third-order valence-electron chi connectivity index (χ3n) is 4.55. The third-order valence-corrected chi connectivity index (χ3v) is 4.55. The first-order valence-corrected chi connectivity index (χ1v) is 8.12. The lowest BCUT2D eigenvalue weighted by molar-refractivity contribution is -0.138. The highest BCUT2D eigenvalue weighted by atomic mass is 35.5. The van der Waals surface area contributed by atoms with Crippen molar-refractivity contribution in [3.8, 4) is 0 Å². The molecule has 1 atom stereocenters. The van der Waals surface area contributed by atoms with E-state index in [9.17, 15) is 18.0 Å². The van der Waals surface area contributed by atoms with Crippen molar-refractivity contribution >= 4 is 18.3 Å². The standard InChI is InChI=1S/C17H21F3N2O.ClH/c18-17(19,20)14-5-3-12(4-6-14)11-22(15-7-8-15)16(23)13-2-1-9-21-10-13;/h3-6,13,15,21H,1-2,7-11H2;1H. The lowest BCUT2D eigenvalue weighted by atomic mass is 9.97. The second kappa shape index (κ2) is 7.74. The summed E-state index contributed by atoms with van der Waals surface area (Å²) in [7, 11) is 0. The molecule has 7 heteroatoms. The molecule has 1 aromatic rings. The van der Waals surface area contributed by atoms with Crippen molar-refractivity contribution in [2.75, 3.05) is 13.1 Å². The minimum atomic E-state index is -4.32. The molecule has 1 amide bonds. The number of rotatable bonds is 4. The van der Waals surface area contributed by atoms with Crippen LogP contribution in [0.25, 0.3) is 0 Å². The molecule has 1 N–H and O–H groups in total. The summed E-state index contributed by atoms with van der Waals surface area (Å²) < 4.78 is 37.9. The number of hydrogen-bond acceptors (Lipinski definition) is 2. The van der Waals surface area contributed by atoms with Crippen LogP contribution in [0.3, 0.4) is 0 Å². The molecule has 2 fully saturated rings. The van der Waals surface area contributed by atoms with Gasteiger partial charge in [-0.1, -0.05) is 12.1 Å². The minimum Gasteiger partial charge on any atom is -0.335 e. The lowest BCUT2D eigenvalue weighted by Gasteiger charge is -2.30. The summed E-state index contributed by atoms with van der Waals surface area (Å²) >= 11 is 0. The molecule has 3 nitrogen and oxygen atoms in total. The Morgan fingerprint density at radius 1 is 1.17 bits per heavy atom. The number of halogens is 4. The molecule has 1 aliphatic carbocycles. The van der Waals surface area contributed by atoms with Crippen molar-refractivity contribution < 1.29 is 18.0 Å². The number of carbonyl (C=O) groups is 1. The van der Waals surface area contributed by atoms with Gasteiger partial charge >= 0.3 is 6.18 Å². The summed E-state index contributed by atoms with van der Waals surface area (Å²) in [5.41, 5.74) is 0.101. The molecule has 1 heterocycles. The fourth-order valence-corrected chi connectivity index (χ4v) is 3.07. The first-order chi connectivity index (χ1) is 10.9. The van der Waals surface area contributed by atoms with Crippen LogP contribution in [0.1, 0.15) is 36.8 Å². The van der Waals surface area contributed by atoms with Gasteiger partial charge < -0.3 is 10.2 Å². The normalized spacial score (nSPS) is 21.0. The Bertz CT molecular complexity index is 552. The van der Waals surface area contributed by atoms with E-state index >= 15 is 0 Å². The monoisotopic (exact) mass is 362 g/mol. The van der Waals surface area contributed by atoms with Crippen molar-refractivity contribution in [3.05, 3.63) is 35.4 Å². The number of hydrogen-bond donors (Lipinski definition) is 1. The summed E-state index contributed by atoms with van der Waals surface area (Å²) in [4.78, 5) is 14.6. The zero-order valence-electron chi connectivity index (χ0n) is 13.3. The van der Waals surface area contributed by atoms with E-state index in [4.69, 9.17) is 0 Å². The van der Waals surface area contributed by atoms with E-state index in [0.717, 1.165) is 49.9 Å². The van der Waals surface area contributed by atoms with E-state index in [2.05, 4.69) is 5.32 Å². The van der Waals surface area contributed by atoms with Gasteiger partial charge in [0.1, 0.15) is 0 Å². The molecule has 1 saturated carbocycles. The van der Waals surface area contributed by atoms with Crippen LogP contribution in [0, 0.1) is 5.92 Å². The van der Waals surface area contributed by atoms with Crippen LogP contribution in [0.4, 0.5) is 13.2 Å². The predicted octanol–water partition coefficient (Wildman–Crippen LogP) is 3.62. The molecule has 2 aliphatic rings. The second-order valence-corrected chi connectivity index (χ2v) is 6.44. The molecular formula is C17H22ClF3N2O. The minimum absolute atomic E-state index is 0. The van der Waals surface area contributed by atoms with Gasteiger partial charge in [-0.25, -0.2) is 0 Å². The summed E-state index contributed by atoms with van der Waals surface area (Å²) in [5, 5.41) is 3.25. The largest absolute Gasteiger partial charge is 0.416 e. The molecule has 1 aliphatic heterocycles. The molecule has 1 unspecified atom stereocenters. The molecule has 1 aromatic carbocycles. The van der Waals surface area contributed by atoms with Crippen molar-refractivity contribution in [2.24, 2.45) is 5.92 Å². The molecule has 0 spiro atoms.